The third-order valence-corrected chi connectivity index (χ3v) is 1.57. The van der Waals surface area contributed by atoms with Gasteiger partial charge in [0.25, 0.3) is 0 Å². The van der Waals surface area contributed by atoms with Crippen molar-refractivity contribution in [2.45, 2.75) is 19.2 Å². The molecular formula is C10H12F2O. The maximum atomic E-state index is 12.9. The van der Waals surface area contributed by atoms with Gasteiger partial charge in [0.1, 0.15) is 5.75 Å². The van der Waals surface area contributed by atoms with Crippen LogP contribution in [0.15, 0.2) is 30.3 Å². The molecule has 0 bridgehead atoms. The van der Waals surface area contributed by atoms with Crippen LogP contribution in [0, 0.1) is 0 Å². The molecule has 0 saturated heterocycles. The summed E-state index contributed by atoms with van der Waals surface area (Å²) in [6, 6.07) is 8.68. The monoisotopic (exact) mass is 186 g/mol. The number of hydrogen-bond acceptors (Lipinski definition) is 1. The van der Waals surface area contributed by atoms with Gasteiger partial charge in [0.05, 0.1) is 6.67 Å². The molecule has 3 heteroatoms. The van der Waals surface area contributed by atoms with Crippen molar-refractivity contribution < 1.29 is 13.5 Å². The number of para-hydroxylation sites is 1. The fourth-order valence-corrected chi connectivity index (χ4v) is 0.943. The molecule has 0 aliphatic heterocycles. The molecule has 0 radical (unpaired) electrons. The average molecular weight is 186 g/mol. The minimum absolute atomic E-state index is 0.103. The van der Waals surface area contributed by atoms with E-state index in [1.165, 1.54) is 0 Å². The van der Waals surface area contributed by atoms with Crippen molar-refractivity contribution in [2.75, 3.05) is 6.67 Å². The molecule has 0 aliphatic rings. The molecule has 0 fully saturated rings. The first kappa shape index (κ1) is 9.96. The molecule has 72 valence electrons. The largest absolute Gasteiger partial charge is 0.460 e. The lowest BCUT2D eigenvalue weighted by atomic mass is 10.3. The second kappa shape index (κ2) is 5.51. The molecule has 1 unspecified atom stereocenters. The average Bonchev–Trinajstić information content (AvgIpc) is 2.16. The predicted molar refractivity (Wildman–Crippen MR) is 47.2 cm³/mol. The Hall–Kier alpha value is -1.12. The van der Waals surface area contributed by atoms with Gasteiger partial charge in [0.2, 0.25) is 6.36 Å². The summed E-state index contributed by atoms with van der Waals surface area (Å²) in [6.45, 7) is -0.501. The number of alkyl halides is 2. The van der Waals surface area contributed by atoms with E-state index in [9.17, 15) is 8.78 Å². The molecule has 13 heavy (non-hydrogen) atoms. The summed E-state index contributed by atoms with van der Waals surface area (Å²) < 4.78 is 29.4. The molecular weight excluding hydrogens is 174 g/mol. The van der Waals surface area contributed by atoms with E-state index in [0.29, 0.717) is 5.75 Å². The van der Waals surface area contributed by atoms with E-state index in [2.05, 4.69) is 0 Å². The number of halogens is 2. The van der Waals surface area contributed by atoms with E-state index < -0.39 is 13.0 Å². The lowest BCUT2D eigenvalue weighted by molar-refractivity contribution is 0.0558. The molecule has 0 N–H and O–H groups in total. The van der Waals surface area contributed by atoms with Gasteiger partial charge in [-0.05, 0) is 18.6 Å². The van der Waals surface area contributed by atoms with Crippen molar-refractivity contribution in [3.63, 3.8) is 0 Å². The molecule has 1 rings (SSSR count). The van der Waals surface area contributed by atoms with Crippen molar-refractivity contribution in [3.8, 4) is 5.75 Å². The van der Waals surface area contributed by atoms with Gasteiger partial charge in [-0.2, -0.15) is 0 Å². The van der Waals surface area contributed by atoms with Gasteiger partial charge in [-0.3, -0.25) is 4.39 Å². The zero-order chi connectivity index (χ0) is 9.52. The minimum Gasteiger partial charge on any atom is -0.460 e. The van der Waals surface area contributed by atoms with E-state index in [4.69, 9.17) is 4.74 Å². The molecule has 1 aromatic carbocycles. The lowest BCUT2D eigenvalue weighted by Crippen LogP contribution is -2.09. The van der Waals surface area contributed by atoms with Crippen LogP contribution in [0.25, 0.3) is 0 Å². The SMILES string of the molecule is FCCCC(F)Oc1ccccc1. The van der Waals surface area contributed by atoms with Gasteiger partial charge in [0, 0.05) is 6.42 Å². The Kier molecular flexibility index (Phi) is 4.23. The third-order valence-electron chi connectivity index (χ3n) is 1.57. The normalized spacial score (nSPS) is 12.5. The second-order valence-corrected chi connectivity index (χ2v) is 2.67. The highest BCUT2D eigenvalue weighted by molar-refractivity contribution is 5.20. The Labute approximate surface area is 76.3 Å². The third kappa shape index (κ3) is 3.87. The van der Waals surface area contributed by atoms with Crippen LogP contribution in [0.2, 0.25) is 0 Å². The van der Waals surface area contributed by atoms with Crippen LogP contribution in [-0.4, -0.2) is 13.0 Å². The van der Waals surface area contributed by atoms with Gasteiger partial charge in [-0.1, -0.05) is 18.2 Å². The van der Waals surface area contributed by atoms with Crippen LogP contribution in [-0.2, 0) is 0 Å². The standard InChI is InChI=1S/C10H12F2O/c11-8-4-7-10(12)13-9-5-2-1-3-6-9/h1-3,5-6,10H,4,7-8H2. The van der Waals surface area contributed by atoms with Gasteiger partial charge >= 0.3 is 0 Å². The molecule has 0 amide bonds. The smallest absolute Gasteiger partial charge is 0.238 e. The number of rotatable bonds is 5. The number of ether oxygens (including phenoxy) is 1. The Morgan fingerprint density at radius 3 is 2.54 bits per heavy atom. The Bertz CT molecular complexity index is 226. The van der Waals surface area contributed by atoms with Crippen molar-refractivity contribution in [1.29, 1.82) is 0 Å². The molecule has 0 saturated carbocycles. The van der Waals surface area contributed by atoms with Gasteiger partial charge in [-0.15, -0.1) is 0 Å². The lowest BCUT2D eigenvalue weighted by Gasteiger charge is -2.09. The molecule has 0 aromatic heterocycles. The highest BCUT2D eigenvalue weighted by Gasteiger charge is 2.06. The Morgan fingerprint density at radius 1 is 1.23 bits per heavy atom. The first-order valence-electron chi connectivity index (χ1n) is 4.24. The fraction of sp³-hybridized carbons (Fsp3) is 0.400. The van der Waals surface area contributed by atoms with Crippen molar-refractivity contribution in [1.82, 2.24) is 0 Å². The first-order valence-corrected chi connectivity index (χ1v) is 4.24. The van der Waals surface area contributed by atoms with E-state index in [0.717, 1.165) is 0 Å². The van der Waals surface area contributed by atoms with Crippen LogP contribution in [0.3, 0.4) is 0 Å². The zero-order valence-corrected chi connectivity index (χ0v) is 7.25. The van der Waals surface area contributed by atoms with Gasteiger partial charge < -0.3 is 4.74 Å². The summed E-state index contributed by atoms with van der Waals surface area (Å²) in [5.74, 6) is 0.480. The van der Waals surface area contributed by atoms with Crippen molar-refractivity contribution >= 4 is 0 Å². The summed E-state index contributed by atoms with van der Waals surface area (Å²) >= 11 is 0. The van der Waals surface area contributed by atoms with Gasteiger partial charge in [0.15, 0.2) is 0 Å². The highest BCUT2D eigenvalue weighted by atomic mass is 19.1. The summed E-state index contributed by atoms with van der Waals surface area (Å²) in [7, 11) is 0. The highest BCUT2D eigenvalue weighted by Crippen LogP contribution is 2.13. The number of hydrogen-bond donors (Lipinski definition) is 0. The van der Waals surface area contributed by atoms with Crippen LogP contribution in [0.5, 0.6) is 5.75 Å². The summed E-state index contributed by atoms with van der Waals surface area (Å²) in [4.78, 5) is 0. The first-order chi connectivity index (χ1) is 6.33. The van der Waals surface area contributed by atoms with E-state index in [1.807, 2.05) is 6.07 Å². The van der Waals surface area contributed by atoms with E-state index >= 15 is 0 Å². The Morgan fingerprint density at radius 2 is 1.92 bits per heavy atom. The summed E-state index contributed by atoms with van der Waals surface area (Å²) in [5, 5.41) is 0. The summed E-state index contributed by atoms with van der Waals surface area (Å²) in [6.07, 6.45) is -1.10. The molecule has 0 heterocycles. The molecule has 1 atom stereocenters. The molecule has 0 spiro atoms. The maximum absolute atomic E-state index is 12.9. The van der Waals surface area contributed by atoms with Crippen molar-refractivity contribution in [3.05, 3.63) is 30.3 Å². The molecule has 0 aliphatic carbocycles. The summed E-state index contributed by atoms with van der Waals surface area (Å²) in [5.41, 5.74) is 0. The second-order valence-electron chi connectivity index (χ2n) is 2.67. The van der Waals surface area contributed by atoms with Crippen LogP contribution in [0.4, 0.5) is 8.78 Å². The maximum Gasteiger partial charge on any atom is 0.238 e. The fourth-order valence-electron chi connectivity index (χ4n) is 0.943. The van der Waals surface area contributed by atoms with Crippen LogP contribution in [0.1, 0.15) is 12.8 Å². The molecule has 1 aromatic rings. The van der Waals surface area contributed by atoms with Crippen molar-refractivity contribution in [2.24, 2.45) is 0 Å². The number of benzene rings is 1. The predicted octanol–water partition coefficient (Wildman–Crippen LogP) is 3.11. The zero-order valence-electron chi connectivity index (χ0n) is 7.25. The van der Waals surface area contributed by atoms with Gasteiger partial charge in [-0.25, -0.2) is 4.39 Å². The quantitative estimate of drug-likeness (QED) is 0.686. The molecule has 1 nitrogen and oxygen atoms in total. The topological polar surface area (TPSA) is 9.23 Å². The van der Waals surface area contributed by atoms with Crippen LogP contribution < -0.4 is 4.74 Å². The van der Waals surface area contributed by atoms with Crippen LogP contribution >= 0.6 is 0 Å². The van der Waals surface area contributed by atoms with E-state index in [1.54, 1.807) is 24.3 Å². The van der Waals surface area contributed by atoms with E-state index in [-0.39, 0.29) is 12.8 Å². The minimum atomic E-state index is -1.40. The Balaban J connectivity index is 2.32.